The number of carbonyl (C=O) groups excluding carboxylic acids is 2. The maximum Gasteiger partial charge on any atom is 0.326 e. The summed E-state index contributed by atoms with van der Waals surface area (Å²) >= 11 is 0. The van der Waals surface area contributed by atoms with Gasteiger partial charge < -0.3 is 20.3 Å². The zero-order chi connectivity index (χ0) is 23.0. The monoisotopic (exact) mass is 430 g/mol. The number of nitro groups is 1. The fourth-order valence-electron chi connectivity index (χ4n) is 3.02. The number of nitrogens with zero attached hydrogens (tertiary/aromatic N) is 1. The molecule has 0 saturated heterocycles. The number of aliphatic hydroxyl groups is 1. The van der Waals surface area contributed by atoms with Crippen LogP contribution in [0.25, 0.3) is 0 Å². The molecule has 0 aliphatic carbocycles. The van der Waals surface area contributed by atoms with Gasteiger partial charge in [-0.05, 0) is 18.1 Å². The highest BCUT2D eigenvalue weighted by Crippen LogP contribution is 2.27. The number of rotatable bonds is 10. The predicted molar refractivity (Wildman–Crippen MR) is 108 cm³/mol. The van der Waals surface area contributed by atoms with E-state index < -0.39 is 47.3 Å². The first-order valence-electron chi connectivity index (χ1n) is 9.40. The molecule has 0 aliphatic rings. The topological polar surface area (TPSA) is 156 Å². The minimum absolute atomic E-state index is 0.0721. The van der Waals surface area contributed by atoms with Gasteiger partial charge in [-0.3, -0.25) is 19.7 Å². The highest BCUT2D eigenvalue weighted by Gasteiger charge is 2.35. The summed E-state index contributed by atoms with van der Waals surface area (Å²) in [6.45, 7) is 1.66. The molecule has 1 amide bonds. The number of carbonyl (C=O) groups is 3. The Hall–Kier alpha value is -3.79. The van der Waals surface area contributed by atoms with Crippen LogP contribution in [-0.4, -0.2) is 45.6 Å². The molecule has 10 nitrogen and oxygen atoms in total. The molecule has 0 heterocycles. The Morgan fingerprint density at radius 3 is 2.19 bits per heavy atom. The lowest BCUT2D eigenvalue weighted by atomic mass is 9.88. The van der Waals surface area contributed by atoms with Gasteiger partial charge in [0.05, 0.1) is 18.0 Å². The molecule has 3 atom stereocenters. The molecular weight excluding hydrogens is 408 g/mol. The summed E-state index contributed by atoms with van der Waals surface area (Å²) in [6.07, 6.45) is -2.02. The van der Waals surface area contributed by atoms with E-state index in [9.17, 15) is 34.7 Å². The van der Waals surface area contributed by atoms with E-state index in [1.807, 2.05) is 0 Å². The van der Waals surface area contributed by atoms with Crippen molar-refractivity contribution in [3.8, 4) is 0 Å². The number of nitro benzene ring substituents is 1. The van der Waals surface area contributed by atoms with Crippen molar-refractivity contribution in [1.82, 2.24) is 5.32 Å². The zero-order valence-corrected chi connectivity index (χ0v) is 16.6. The smallest absolute Gasteiger partial charge is 0.326 e. The molecule has 2 aromatic carbocycles. The summed E-state index contributed by atoms with van der Waals surface area (Å²) in [7, 11) is 0. The third-order valence-corrected chi connectivity index (χ3v) is 4.55. The number of carboxylic acid groups (broad SMARTS) is 1. The number of nitrogens with one attached hydrogen (secondary N) is 1. The van der Waals surface area contributed by atoms with E-state index in [0.29, 0.717) is 0 Å². The average molecular weight is 430 g/mol. The van der Waals surface area contributed by atoms with Gasteiger partial charge in [0.2, 0.25) is 0 Å². The van der Waals surface area contributed by atoms with Crippen LogP contribution in [0.5, 0.6) is 0 Å². The van der Waals surface area contributed by atoms with Crippen molar-refractivity contribution in [1.29, 1.82) is 0 Å². The lowest BCUT2D eigenvalue weighted by Crippen LogP contribution is -2.47. The number of non-ortho nitro benzene ring substituents is 1. The number of ether oxygens (including phenoxy) is 1. The lowest BCUT2D eigenvalue weighted by molar-refractivity contribution is -0.384. The summed E-state index contributed by atoms with van der Waals surface area (Å²) in [5.41, 5.74) is 0.330. The maximum absolute atomic E-state index is 12.5. The Labute approximate surface area is 177 Å². The Morgan fingerprint density at radius 1 is 1.06 bits per heavy atom. The van der Waals surface area contributed by atoms with Crippen molar-refractivity contribution in [3.05, 3.63) is 75.8 Å². The van der Waals surface area contributed by atoms with Crippen molar-refractivity contribution in [2.45, 2.75) is 31.4 Å². The molecule has 0 spiro atoms. The van der Waals surface area contributed by atoms with Gasteiger partial charge in [0, 0.05) is 18.1 Å². The molecule has 0 saturated carbocycles. The van der Waals surface area contributed by atoms with E-state index >= 15 is 0 Å². The molecule has 0 fully saturated rings. The second kappa shape index (κ2) is 10.8. The van der Waals surface area contributed by atoms with Crippen LogP contribution < -0.4 is 5.32 Å². The first kappa shape index (κ1) is 23.5. The second-order valence-corrected chi connectivity index (χ2v) is 6.60. The van der Waals surface area contributed by atoms with Crippen LogP contribution in [0, 0.1) is 10.1 Å². The van der Waals surface area contributed by atoms with Crippen LogP contribution in [0.15, 0.2) is 54.6 Å². The van der Waals surface area contributed by atoms with Crippen LogP contribution >= 0.6 is 0 Å². The van der Waals surface area contributed by atoms with Crippen molar-refractivity contribution >= 4 is 23.5 Å². The molecule has 2 aromatic rings. The quantitative estimate of drug-likeness (QED) is 0.293. The van der Waals surface area contributed by atoms with Gasteiger partial charge in [0.25, 0.3) is 11.6 Å². The van der Waals surface area contributed by atoms with Crippen LogP contribution in [0.3, 0.4) is 0 Å². The summed E-state index contributed by atoms with van der Waals surface area (Å²) in [6, 6.07) is 11.3. The Morgan fingerprint density at radius 2 is 1.68 bits per heavy atom. The fraction of sp³-hybridized carbons (Fsp3) is 0.286. The van der Waals surface area contributed by atoms with E-state index in [4.69, 9.17) is 4.74 Å². The van der Waals surface area contributed by atoms with Gasteiger partial charge in [-0.1, -0.05) is 42.5 Å². The number of amides is 1. The van der Waals surface area contributed by atoms with Crippen LogP contribution in [0.1, 0.15) is 36.5 Å². The third kappa shape index (κ3) is 6.34. The molecule has 164 valence electrons. The van der Waals surface area contributed by atoms with E-state index in [1.54, 1.807) is 25.1 Å². The maximum atomic E-state index is 12.5. The minimum Gasteiger partial charge on any atom is -0.480 e. The number of hydrogen-bond acceptors (Lipinski definition) is 7. The SMILES string of the molecule is CCOC(=O)C[C@@H](c1ccc([N+](=O)[O-])cc1)[C@H](NC(=O)[C@@H](O)c1ccccc1)C(=O)O. The summed E-state index contributed by atoms with van der Waals surface area (Å²) in [5, 5.41) is 33.2. The third-order valence-electron chi connectivity index (χ3n) is 4.55. The van der Waals surface area contributed by atoms with E-state index in [-0.39, 0.29) is 23.4 Å². The van der Waals surface area contributed by atoms with Gasteiger partial charge in [-0.15, -0.1) is 0 Å². The summed E-state index contributed by atoms with van der Waals surface area (Å²) in [5.74, 6) is -4.20. The molecule has 31 heavy (non-hydrogen) atoms. The van der Waals surface area contributed by atoms with Crippen LogP contribution in [-0.2, 0) is 19.1 Å². The fourth-order valence-corrected chi connectivity index (χ4v) is 3.02. The van der Waals surface area contributed by atoms with Crippen molar-refractivity contribution in [2.75, 3.05) is 6.61 Å². The minimum atomic E-state index is -1.62. The predicted octanol–water partition coefficient (Wildman–Crippen LogP) is 1.93. The van der Waals surface area contributed by atoms with Crippen LogP contribution in [0.4, 0.5) is 5.69 Å². The van der Waals surface area contributed by atoms with Gasteiger partial charge in [-0.2, -0.15) is 0 Å². The lowest BCUT2D eigenvalue weighted by Gasteiger charge is -2.25. The van der Waals surface area contributed by atoms with E-state index in [2.05, 4.69) is 5.32 Å². The second-order valence-electron chi connectivity index (χ2n) is 6.60. The highest BCUT2D eigenvalue weighted by molar-refractivity contribution is 5.88. The standard InChI is InChI=1S/C21H22N2O8/c1-2-31-17(24)12-16(13-8-10-15(11-9-13)23(29)30)18(21(27)28)22-20(26)19(25)14-6-4-3-5-7-14/h3-11,16,18-19,25H,2,12H2,1H3,(H,22,26)(H,27,28)/t16-,18-,19-/m0/s1. The number of hydrogen-bond donors (Lipinski definition) is 3. The van der Waals surface area contributed by atoms with Crippen molar-refractivity contribution in [3.63, 3.8) is 0 Å². The Bertz CT molecular complexity index is 930. The number of aliphatic carboxylic acids is 1. The van der Waals surface area contributed by atoms with Crippen molar-refractivity contribution in [2.24, 2.45) is 0 Å². The van der Waals surface area contributed by atoms with Crippen molar-refractivity contribution < 1.29 is 34.3 Å². The zero-order valence-electron chi connectivity index (χ0n) is 16.6. The largest absolute Gasteiger partial charge is 0.480 e. The van der Waals surface area contributed by atoms with E-state index in [0.717, 1.165) is 0 Å². The Balaban J connectivity index is 2.34. The first-order valence-corrected chi connectivity index (χ1v) is 9.40. The van der Waals surface area contributed by atoms with Gasteiger partial charge in [0.1, 0.15) is 6.04 Å². The number of aliphatic hydroxyl groups excluding tert-OH is 1. The first-order chi connectivity index (χ1) is 14.7. The molecule has 0 radical (unpaired) electrons. The normalized spacial score (nSPS) is 13.5. The van der Waals surface area contributed by atoms with Gasteiger partial charge in [-0.25, -0.2) is 4.79 Å². The summed E-state index contributed by atoms with van der Waals surface area (Å²) < 4.78 is 4.91. The molecule has 0 bridgehead atoms. The molecular formula is C21H22N2O8. The molecule has 2 rings (SSSR count). The number of esters is 1. The molecule has 3 N–H and O–H groups in total. The van der Waals surface area contributed by atoms with Gasteiger partial charge >= 0.3 is 11.9 Å². The van der Waals surface area contributed by atoms with Crippen LogP contribution in [0.2, 0.25) is 0 Å². The molecule has 0 aromatic heterocycles. The van der Waals surface area contributed by atoms with E-state index in [1.165, 1.54) is 36.4 Å². The number of benzene rings is 2. The average Bonchev–Trinajstić information content (AvgIpc) is 2.76. The molecule has 0 unspecified atom stereocenters. The summed E-state index contributed by atoms with van der Waals surface area (Å²) in [4.78, 5) is 46.9. The molecule has 0 aliphatic heterocycles. The number of carboxylic acids is 1. The Kier molecular flexibility index (Phi) is 8.21. The molecule has 10 heteroatoms. The van der Waals surface area contributed by atoms with Gasteiger partial charge in [0.15, 0.2) is 6.10 Å². The highest BCUT2D eigenvalue weighted by atomic mass is 16.6.